The van der Waals surface area contributed by atoms with Gasteiger partial charge in [0.05, 0.1) is 18.2 Å². The van der Waals surface area contributed by atoms with Crippen molar-refractivity contribution >= 4 is 23.2 Å². The number of hydrogen-bond donors (Lipinski definition) is 1. The van der Waals surface area contributed by atoms with Gasteiger partial charge in [-0.05, 0) is 7.05 Å². The molecule has 1 N–H and O–H groups in total. The molecule has 0 spiro atoms. The number of nitrogens with one attached hydrogen (secondary N) is 1. The molecule has 0 aromatic heterocycles. The fourth-order valence-corrected chi connectivity index (χ4v) is 0.516. The van der Waals surface area contributed by atoms with Crippen LogP contribution >= 0.6 is 23.2 Å². The highest BCUT2D eigenvalue weighted by molar-refractivity contribution is 6.36. The largest absolute Gasteiger partial charge is 0.375 e. The molecule has 0 fully saturated rings. The lowest BCUT2D eigenvalue weighted by molar-refractivity contribution is 0.163. The first-order valence-electron chi connectivity index (χ1n) is 2.98. The lowest BCUT2D eigenvalue weighted by Crippen LogP contribution is -2.14. The molecule has 0 rings (SSSR count). The van der Waals surface area contributed by atoms with Crippen LogP contribution < -0.4 is 5.32 Å². The predicted octanol–water partition coefficient (Wildman–Crippen LogP) is 1.54. The van der Waals surface area contributed by atoms with Gasteiger partial charge in [0.25, 0.3) is 0 Å². The summed E-state index contributed by atoms with van der Waals surface area (Å²) in [5, 5.41) is 3.46. The Kier molecular flexibility index (Phi) is 7.52. The highest BCUT2D eigenvalue weighted by Gasteiger charge is 1.89. The van der Waals surface area contributed by atoms with E-state index < -0.39 is 0 Å². The van der Waals surface area contributed by atoms with E-state index in [1.807, 2.05) is 7.05 Å². The van der Waals surface area contributed by atoms with E-state index >= 15 is 0 Å². The third-order valence-corrected chi connectivity index (χ3v) is 1.45. The molecule has 10 heavy (non-hydrogen) atoms. The van der Waals surface area contributed by atoms with Gasteiger partial charge in [0.2, 0.25) is 0 Å². The molecular formula is C6H11Cl2NO. The Hall–Kier alpha value is 0.240. The number of ether oxygens (including phenoxy) is 1. The van der Waals surface area contributed by atoms with Crippen molar-refractivity contribution in [3.63, 3.8) is 0 Å². The molecule has 0 saturated heterocycles. The van der Waals surface area contributed by atoms with E-state index in [4.69, 9.17) is 27.9 Å². The Morgan fingerprint density at radius 1 is 1.70 bits per heavy atom. The van der Waals surface area contributed by atoms with Gasteiger partial charge in [-0.1, -0.05) is 23.2 Å². The normalized spacial score (nSPS) is 12.1. The van der Waals surface area contributed by atoms with Gasteiger partial charge in [0.1, 0.15) is 0 Å². The summed E-state index contributed by atoms with van der Waals surface area (Å²) in [6.07, 6.45) is 0. The second kappa shape index (κ2) is 7.35. The van der Waals surface area contributed by atoms with E-state index in [9.17, 15) is 0 Å². The molecule has 2 nitrogen and oxygen atoms in total. The molecule has 0 atom stereocenters. The van der Waals surface area contributed by atoms with Gasteiger partial charge < -0.3 is 10.1 Å². The van der Waals surface area contributed by atoms with Gasteiger partial charge in [0, 0.05) is 12.1 Å². The first-order chi connectivity index (χ1) is 4.81. The highest BCUT2D eigenvalue weighted by atomic mass is 35.5. The van der Waals surface area contributed by atoms with Gasteiger partial charge in [-0.15, -0.1) is 0 Å². The number of hydrogen-bond acceptors (Lipinski definition) is 2. The fraction of sp³-hybridized carbons (Fsp3) is 0.667. The fourth-order valence-electron chi connectivity index (χ4n) is 0.375. The molecular weight excluding hydrogens is 173 g/mol. The van der Waals surface area contributed by atoms with Crippen molar-refractivity contribution < 1.29 is 4.74 Å². The first-order valence-corrected chi connectivity index (χ1v) is 3.79. The summed E-state index contributed by atoms with van der Waals surface area (Å²) in [5.74, 6) is 0. The molecule has 0 aromatic carbocycles. The van der Waals surface area contributed by atoms with Crippen LogP contribution in [-0.4, -0.2) is 26.8 Å². The van der Waals surface area contributed by atoms with Gasteiger partial charge in [-0.3, -0.25) is 0 Å². The topological polar surface area (TPSA) is 21.3 Å². The van der Waals surface area contributed by atoms with E-state index in [0.29, 0.717) is 18.2 Å². The lowest BCUT2D eigenvalue weighted by Gasteiger charge is -2.00. The van der Waals surface area contributed by atoms with Gasteiger partial charge in [-0.25, -0.2) is 0 Å². The summed E-state index contributed by atoms with van der Waals surface area (Å²) in [4.78, 5) is 0. The molecule has 0 aliphatic heterocycles. The minimum Gasteiger partial charge on any atom is -0.375 e. The van der Waals surface area contributed by atoms with Gasteiger partial charge in [-0.2, -0.15) is 0 Å². The summed E-state index contributed by atoms with van der Waals surface area (Å²) >= 11 is 10.8. The van der Waals surface area contributed by atoms with E-state index in [2.05, 4.69) is 5.32 Å². The van der Waals surface area contributed by atoms with E-state index in [0.717, 1.165) is 6.54 Å². The van der Waals surface area contributed by atoms with E-state index in [1.165, 1.54) is 5.54 Å². The molecule has 0 saturated carbocycles. The molecule has 0 bridgehead atoms. The van der Waals surface area contributed by atoms with Crippen molar-refractivity contribution in [2.24, 2.45) is 0 Å². The lowest BCUT2D eigenvalue weighted by atomic mass is 10.6. The second-order valence-corrected chi connectivity index (χ2v) is 2.42. The summed E-state index contributed by atoms with van der Waals surface area (Å²) in [6.45, 7) is 1.87. The zero-order chi connectivity index (χ0) is 7.82. The van der Waals surface area contributed by atoms with Crippen molar-refractivity contribution in [3.8, 4) is 0 Å². The summed E-state index contributed by atoms with van der Waals surface area (Å²) in [7, 11) is 1.86. The molecule has 0 aromatic rings. The van der Waals surface area contributed by atoms with Crippen LogP contribution in [-0.2, 0) is 4.74 Å². The first kappa shape index (κ1) is 10.2. The monoisotopic (exact) mass is 183 g/mol. The Morgan fingerprint density at radius 2 is 2.40 bits per heavy atom. The van der Waals surface area contributed by atoms with Crippen LogP contribution in [0.3, 0.4) is 0 Å². The molecule has 4 heteroatoms. The van der Waals surface area contributed by atoms with Crippen molar-refractivity contribution in [2.45, 2.75) is 0 Å². The van der Waals surface area contributed by atoms with Crippen LogP contribution in [0.25, 0.3) is 0 Å². The maximum Gasteiger partial charge on any atom is 0.0832 e. The van der Waals surface area contributed by atoms with Crippen LogP contribution in [0.1, 0.15) is 0 Å². The predicted molar refractivity (Wildman–Crippen MR) is 44.5 cm³/mol. The summed E-state index contributed by atoms with van der Waals surface area (Å²) in [5.41, 5.74) is 1.31. The third-order valence-electron chi connectivity index (χ3n) is 0.855. The smallest absolute Gasteiger partial charge is 0.0832 e. The van der Waals surface area contributed by atoms with Crippen LogP contribution in [0.5, 0.6) is 0 Å². The van der Waals surface area contributed by atoms with Crippen LogP contribution in [0.2, 0.25) is 0 Å². The number of likely N-dealkylation sites (N-methyl/N-ethyl adjacent to an activating group) is 1. The average Bonchev–Trinajstić information content (AvgIpc) is 1.98. The quantitative estimate of drug-likeness (QED) is 0.654. The van der Waals surface area contributed by atoms with Crippen LogP contribution in [0.15, 0.2) is 10.6 Å². The summed E-state index contributed by atoms with van der Waals surface area (Å²) in [6, 6.07) is 0. The maximum absolute atomic E-state index is 5.53. The van der Waals surface area contributed by atoms with Crippen molar-refractivity contribution in [1.82, 2.24) is 5.32 Å². The van der Waals surface area contributed by atoms with E-state index in [1.54, 1.807) is 0 Å². The molecule has 0 amide bonds. The van der Waals surface area contributed by atoms with Crippen LogP contribution in [0, 0.1) is 0 Å². The Morgan fingerprint density at radius 3 is 2.90 bits per heavy atom. The average molecular weight is 184 g/mol. The molecule has 0 radical (unpaired) electrons. The van der Waals surface area contributed by atoms with Crippen LogP contribution in [0.4, 0.5) is 0 Å². The Bertz CT molecular complexity index is 106. The Labute approximate surface area is 71.1 Å². The summed E-state index contributed by atoms with van der Waals surface area (Å²) < 4.78 is 5.08. The van der Waals surface area contributed by atoms with Crippen molar-refractivity contribution in [1.29, 1.82) is 0 Å². The Balaban J connectivity index is 3.04. The maximum atomic E-state index is 5.53. The minimum absolute atomic E-state index is 0.396. The van der Waals surface area contributed by atoms with E-state index in [-0.39, 0.29) is 0 Å². The molecule has 0 aliphatic carbocycles. The zero-order valence-corrected chi connectivity index (χ0v) is 7.37. The standard InChI is InChI=1S/C6H11Cl2NO/c1-9-2-3-10-5-6(8)4-7/h4,9H,2-3,5H2,1H3. The molecule has 0 heterocycles. The van der Waals surface area contributed by atoms with Gasteiger partial charge in [0.15, 0.2) is 0 Å². The SMILES string of the molecule is CNCCOCC(Cl)=CCl. The third kappa shape index (κ3) is 6.36. The highest BCUT2D eigenvalue weighted by Crippen LogP contribution is 2.02. The zero-order valence-electron chi connectivity index (χ0n) is 5.86. The molecule has 0 unspecified atom stereocenters. The van der Waals surface area contributed by atoms with Crippen molar-refractivity contribution in [2.75, 3.05) is 26.8 Å². The van der Waals surface area contributed by atoms with Gasteiger partial charge >= 0.3 is 0 Å². The number of halogens is 2. The number of rotatable bonds is 5. The molecule has 60 valence electrons. The molecule has 0 aliphatic rings. The van der Waals surface area contributed by atoms with Crippen molar-refractivity contribution in [3.05, 3.63) is 10.6 Å². The second-order valence-electron chi connectivity index (χ2n) is 1.71. The minimum atomic E-state index is 0.396.